The van der Waals surface area contributed by atoms with E-state index < -0.39 is 0 Å². The number of methoxy groups -OCH3 is 1. The molecule has 2 aromatic rings. The summed E-state index contributed by atoms with van der Waals surface area (Å²) in [5, 5.41) is 7.40. The molecule has 9 heteroatoms. The molecule has 0 aliphatic carbocycles. The molecule has 5 rings (SSSR count). The van der Waals surface area contributed by atoms with Gasteiger partial charge in [-0.2, -0.15) is 4.98 Å². The minimum absolute atomic E-state index is 0.0560. The highest BCUT2D eigenvalue weighted by molar-refractivity contribution is 5.79. The molecule has 1 N–H and O–H groups in total. The number of anilines is 1. The van der Waals surface area contributed by atoms with Crippen LogP contribution in [0.1, 0.15) is 32.1 Å². The molecule has 0 saturated carbocycles. The van der Waals surface area contributed by atoms with Crippen molar-refractivity contribution in [1.82, 2.24) is 25.3 Å². The predicted molar refractivity (Wildman–Crippen MR) is 139 cm³/mol. The molecule has 1 amide bonds. The standard InChI is InChI=1S/C27H40N6O3/c1-31-12-3-4-21(17-31)19-32-13-9-20(18-32)16-28-26(34)23-10-14-33(15-11-23)27-29-25(30-36-27)22-5-7-24(35-2)8-6-22/h5-8,20-21,23H,3-4,9-19H2,1-2H3,(H,28,34)/t20-,21-/m0/s1. The number of aromatic nitrogens is 2. The highest BCUT2D eigenvalue weighted by Crippen LogP contribution is 2.26. The Morgan fingerprint density at radius 3 is 2.61 bits per heavy atom. The first-order chi connectivity index (χ1) is 17.6. The van der Waals surface area contributed by atoms with Crippen LogP contribution in [0.2, 0.25) is 0 Å². The van der Waals surface area contributed by atoms with E-state index in [1.807, 2.05) is 24.3 Å². The van der Waals surface area contributed by atoms with Crippen LogP contribution in [0.3, 0.4) is 0 Å². The van der Waals surface area contributed by atoms with Crippen LogP contribution in [0, 0.1) is 17.8 Å². The fourth-order valence-corrected chi connectivity index (χ4v) is 5.96. The molecule has 196 valence electrons. The highest BCUT2D eigenvalue weighted by atomic mass is 16.5. The molecule has 0 unspecified atom stereocenters. The van der Waals surface area contributed by atoms with Gasteiger partial charge in [0.25, 0.3) is 0 Å². The van der Waals surface area contributed by atoms with Gasteiger partial charge in [-0.05, 0) is 88.3 Å². The predicted octanol–water partition coefficient (Wildman–Crippen LogP) is 2.74. The first-order valence-electron chi connectivity index (χ1n) is 13.5. The van der Waals surface area contributed by atoms with Gasteiger partial charge in [-0.3, -0.25) is 4.79 Å². The Labute approximate surface area is 214 Å². The van der Waals surface area contributed by atoms with Crippen molar-refractivity contribution in [2.45, 2.75) is 32.1 Å². The van der Waals surface area contributed by atoms with Crippen LogP contribution in [-0.4, -0.2) is 92.4 Å². The molecule has 0 radical (unpaired) electrons. The van der Waals surface area contributed by atoms with Crippen LogP contribution in [-0.2, 0) is 4.79 Å². The SMILES string of the molecule is COc1ccc(-c2noc(N3CCC(C(=O)NC[C@@H]4CCN(C[C@H]5CCCN(C)C5)C4)CC3)n2)cc1. The Bertz CT molecular complexity index is 988. The van der Waals surface area contributed by atoms with Gasteiger partial charge in [0.2, 0.25) is 11.7 Å². The molecular weight excluding hydrogens is 456 g/mol. The van der Waals surface area contributed by atoms with Crippen molar-refractivity contribution in [1.29, 1.82) is 0 Å². The number of hydrogen-bond acceptors (Lipinski definition) is 8. The van der Waals surface area contributed by atoms with Crippen molar-refractivity contribution in [2.75, 3.05) is 71.4 Å². The summed E-state index contributed by atoms with van der Waals surface area (Å²) in [5.41, 5.74) is 0.886. The number of nitrogens with zero attached hydrogens (tertiary/aromatic N) is 5. The number of rotatable bonds is 8. The summed E-state index contributed by atoms with van der Waals surface area (Å²) in [4.78, 5) is 24.6. The zero-order valence-electron chi connectivity index (χ0n) is 21.7. The maximum atomic E-state index is 12.9. The number of benzene rings is 1. The van der Waals surface area contributed by atoms with E-state index in [1.54, 1.807) is 7.11 Å². The second kappa shape index (κ2) is 11.6. The first-order valence-corrected chi connectivity index (χ1v) is 13.5. The summed E-state index contributed by atoms with van der Waals surface area (Å²) in [6.07, 6.45) is 5.47. The van der Waals surface area contributed by atoms with Crippen molar-refractivity contribution in [3.8, 4) is 17.1 Å². The average molecular weight is 497 g/mol. The Kier molecular flexibility index (Phi) is 8.06. The van der Waals surface area contributed by atoms with E-state index in [4.69, 9.17) is 9.26 Å². The summed E-state index contributed by atoms with van der Waals surface area (Å²) >= 11 is 0. The van der Waals surface area contributed by atoms with E-state index in [9.17, 15) is 4.79 Å². The van der Waals surface area contributed by atoms with Crippen LogP contribution in [0.25, 0.3) is 11.4 Å². The highest BCUT2D eigenvalue weighted by Gasteiger charge is 2.30. The zero-order chi connectivity index (χ0) is 24.9. The Hall–Kier alpha value is -2.65. The van der Waals surface area contributed by atoms with Crippen LogP contribution >= 0.6 is 0 Å². The minimum Gasteiger partial charge on any atom is -0.497 e. The third kappa shape index (κ3) is 6.18. The minimum atomic E-state index is 0.0560. The Morgan fingerprint density at radius 2 is 1.86 bits per heavy atom. The molecule has 9 nitrogen and oxygen atoms in total. The number of likely N-dealkylation sites (tertiary alicyclic amines) is 2. The van der Waals surface area contributed by atoms with Gasteiger partial charge in [0.05, 0.1) is 7.11 Å². The molecule has 1 aromatic carbocycles. The summed E-state index contributed by atoms with van der Waals surface area (Å²) in [7, 11) is 3.88. The van der Waals surface area contributed by atoms with Gasteiger partial charge in [0.1, 0.15) is 5.75 Å². The summed E-state index contributed by atoms with van der Waals surface area (Å²) in [6.45, 7) is 8.25. The number of carbonyl (C=O) groups is 1. The van der Waals surface area contributed by atoms with Gasteiger partial charge in [-0.1, -0.05) is 5.16 Å². The van der Waals surface area contributed by atoms with Crippen molar-refractivity contribution in [3.05, 3.63) is 24.3 Å². The monoisotopic (exact) mass is 496 g/mol. The molecule has 0 bridgehead atoms. The molecule has 0 spiro atoms. The van der Waals surface area contributed by atoms with Crippen LogP contribution in [0.4, 0.5) is 6.01 Å². The number of amides is 1. The second-order valence-electron chi connectivity index (χ2n) is 10.8. The number of nitrogens with one attached hydrogen (secondary N) is 1. The van der Waals surface area contributed by atoms with Gasteiger partial charge >= 0.3 is 6.01 Å². The van der Waals surface area contributed by atoms with Crippen LogP contribution in [0.15, 0.2) is 28.8 Å². The van der Waals surface area contributed by atoms with Gasteiger partial charge in [0, 0.05) is 50.7 Å². The van der Waals surface area contributed by atoms with E-state index >= 15 is 0 Å². The van der Waals surface area contributed by atoms with Crippen molar-refractivity contribution in [3.63, 3.8) is 0 Å². The lowest BCUT2D eigenvalue weighted by Crippen LogP contribution is -2.42. The third-order valence-electron chi connectivity index (χ3n) is 8.07. The van der Waals surface area contributed by atoms with Gasteiger partial charge in [0.15, 0.2) is 0 Å². The van der Waals surface area contributed by atoms with Gasteiger partial charge < -0.3 is 29.3 Å². The summed E-state index contributed by atoms with van der Waals surface area (Å²) < 4.78 is 10.7. The maximum absolute atomic E-state index is 12.9. The fourth-order valence-electron chi connectivity index (χ4n) is 5.96. The molecule has 36 heavy (non-hydrogen) atoms. The largest absolute Gasteiger partial charge is 0.497 e. The van der Waals surface area contributed by atoms with E-state index in [2.05, 4.69) is 37.2 Å². The number of ether oxygens (including phenoxy) is 1. The molecule has 4 heterocycles. The smallest absolute Gasteiger partial charge is 0.324 e. The van der Waals surface area contributed by atoms with E-state index in [0.717, 1.165) is 56.3 Å². The summed E-state index contributed by atoms with van der Waals surface area (Å²) in [5.74, 6) is 2.99. The fraction of sp³-hybridized carbons (Fsp3) is 0.667. The van der Waals surface area contributed by atoms with Crippen molar-refractivity contribution in [2.24, 2.45) is 17.8 Å². The van der Waals surface area contributed by atoms with E-state index in [1.165, 1.54) is 45.4 Å². The molecule has 3 saturated heterocycles. The topological polar surface area (TPSA) is 87.0 Å². The lowest BCUT2D eigenvalue weighted by Gasteiger charge is -2.32. The quantitative estimate of drug-likeness (QED) is 0.597. The lowest BCUT2D eigenvalue weighted by atomic mass is 9.96. The lowest BCUT2D eigenvalue weighted by molar-refractivity contribution is -0.125. The van der Waals surface area contributed by atoms with Crippen LogP contribution in [0.5, 0.6) is 5.75 Å². The van der Waals surface area contributed by atoms with Gasteiger partial charge in [-0.25, -0.2) is 0 Å². The second-order valence-corrected chi connectivity index (χ2v) is 10.8. The van der Waals surface area contributed by atoms with E-state index in [0.29, 0.717) is 17.8 Å². The number of hydrogen-bond donors (Lipinski definition) is 1. The van der Waals surface area contributed by atoms with E-state index in [-0.39, 0.29) is 11.8 Å². The van der Waals surface area contributed by atoms with Crippen LogP contribution < -0.4 is 15.0 Å². The Balaban J connectivity index is 1.03. The molecule has 1 aromatic heterocycles. The molecule has 3 aliphatic rings. The zero-order valence-corrected chi connectivity index (χ0v) is 21.7. The molecule has 2 atom stereocenters. The summed E-state index contributed by atoms with van der Waals surface area (Å²) in [6, 6.07) is 8.13. The van der Waals surface area contributed by atoms with Crippen molar-refractivity contribution >= 4 is 11.9 Å². The third-order valence-corrected chi connectivity index (χ3v) is 8.07. The molecule has 3 aliphatic heterocycles. The molecule has 3 fully saturated rings. The average Bonchev–Trinajstić information content (AvgIpc) is 3.58. The Morgan fingerprint density at radius 1 is 1.06 bits per heavy atom. The normalized spacial score (nSPS) is 24.2. The van der Waals surface area contributed by atoms with Crippen molar-refractivity contribution < 1.29 is 14.1 Å². The van der Waals surface area contributed by atoms with Gasteiger partial charge in [-0.15, -0.1) is 0 Å². The molecular formula is C27H40N6O3. The maximum Gasteiger partial charge on any atom is 0.324 e. The first kappa shape index (κ1) is 25.0. The number of piperidine rings is 2. The number of carbonyl (C=O) groups excluding carboxylic acids is 1.